The molecule has 0 bridgehead atoms. The van der Waals surface area contributed by atoms with Gasteiger partial charge in [-0.3, -0.25) is 4.79 Å². The van der Waals surface area contributed by atoms with Crippen LogP contribution in [0.25, 0.3) is 11.0 Å². The van der Waals surface area contributed by atoms with Crippen molar-refractivity contribution in [1.29, 1.82) is 0 Å². The minimum absolute atomic E-state index is 0.269. The predicted octanol–water partition coefficient (Wildman–Crippen LogP) is 3.63. The number of carbonyl (C=O) groups is 2. The van der Waals surface area contributed by atoms with Gasteiger partial charge in [0.1, 0.15) is 11.1 Å². The number of benzene rings is 2. The Labute approximate surface area is 153 Å². The van der Waals surface area contributed by atoms with E-state index in [4.69, 9.17) is 20.8 Å². The number of anilines is 1. The van der Waals surface area contributed by atoms with E-state index in [0.717, 1.165) is 0 Å². The highest BCUT2D eigenvalue weighted by atomic mass is 35.5. The lowest BCUT2D eigenvalue weighted by Crippen LogP contribution is -2.31. The summed E-state index contributed by atoms with van der Waals surface area (Å²) in [5.74, 6) is -1.46. The molecule has 3 aromatic rings. The predicted molar refractivity (Wildman–Crippen MR) is 97.4 cm³/mol. The molecule has 0 fully saturated rings. The topological polar surface area (TPSA) is 85.6 Å². The van der Waals surface area contributed by atoms with Gasteiger partial charge in [0.25, 0.3) is 5.91 Å². The maximum Gasteiger partial charge on any atom is 0.351 e. The zero-order valence-corrected chi connectivity index (χ0v) is 14.4. The molecule has 0 aliphatic rings. The van der Waals surface area contributed by atoms with Gasteiger partial charge >= 0.3 is 11.6 Å². The maximum absolute atomic E-state index is 12.2. The van der Waals surface area contributed by atoms with Crippen LogP contribution in [-0.2, 0) is 9.53 Å². The van der Waals surface area contributed by atoms with E-state index in [-0.39, 0.29) is 5.56 Å². The first kappa shape index (κ1) is 17.7. The summed E-state index contributed by atoms with van der Waals surface area (Å²) in [7, 11) is 0. The van der Waals surface area contributed by atoms with Crippen LogP contribution in [-0.4, -0.2) is 18.0 Å². The van der Waals surface area contributed by atoms with Crippen molar-refractivity contribution < 1.29 is 18.7 Å². The lowest BCUT2D eigenvalue weighted by molar-refractivity contribution is -0.123. The van der Waals surface area contributed by atoms with Gasteiger partial charge in [-0.25, -0.2) is 9.59 Å². The number of hydrogen-bond acceptors (Lipinski definition) is 5. The van der Waals surface area contributed by atoms with Crippen LogP contribution >= 0.6 is 11.6 Å². The highest BCUT2D eigenvalue weighted by molar-refractivity contribution is 6.30. The zero-order chi connectivity index (χ0) is 18.7. The van der Waals surface area contributed by atoms with E-state index in [0.29, 0.717) is 21.7 Å². The average molecular weight is 372 g/mol. The molecule has 0 radical (unpaired) electrons. The van der Waals surface area contributed by atoms with Crippen molar-refractivity contribution in [2.75, 3.05) is 5.32 Å². The highest BCUT2D eigenvalue weighted by Gasteiger charge is 2.22. The van der Waals surface area contributed by atoms with Crippen LogP contribution in [0.4, 0.5) is 5.69 Å². The summed E-state index contributed by atoms with van der Waals surface area (Å²) in [6.45, 7) is 1.41. The van der Waals surface area contributed by atoms with Crippen molar-refractivity contribution in [2.45, 2.75) is 13.0 Å². The highest BCUT2D eigenvalue weighted by Crippen LogP contribution is 2.15. The molecule has 6 nitrogen and oxygen atoms in total. The van der Waals surface area contributed by atoms with E-state index >= 15 is 0 Å². The fraction of sp³-hybridized carbons (Fsp3) is 0.105. The summed E-state index contributed by atoms with van der Waals surface area (Å²) in [6.07, 6.45) is -1.11. The van der Waals surface area contributed by atoms with E-state index in [1.54, 1.807) is 48.5 Å². The molecule has 0 unspecified atom stereocenters. The summed E-state index contributed by atoms with van der Waals surface area (Å²) in [6, 6.07) is 14.6. The van der Waals surface area contributed by atoms with Crippen LogP contribution in [0.3, 0.4) is 0 Å². The Hall–Kier alpha value is -3.12. The first-order valence-corrected chi connectivity index (χ1v) is 8.12. The first-order valence-electron chi connectivity index (χ1n) is 7.74. The van der Waals surface area contributed by atoms with Gasteiger partial charge in [-0.1, -0.05) is 29.8 Å². The van der Waals surface area contributed by atoms with Gasteiger partial charge < -0.3 is 14.5 Å². The van der Waals surface area contributed by atoms with Crippen molar-refractivity contribution in [2.24, 2.45) is 0 Å². The summed E-state index contributed by atoms with van der Waals surface area (Å²) < 4.78 is 10.2. The van der Waals surface area contributed by atoms with Gasteiger partial charge in [-0.05, 0) is 43.3 Å². The summed E-state index contributed by atoms with van der Waals surface area (Å²) in [5.41, 5.74) is -0.219. The van der Waals surface area contributed by atoms with Gasteiger partial charge in [0, 0.05) is 16.1 Å². The first-order chi connectivity index (χ1) is 12.4. The normalized spacial score (nSPS) is 11.8. The van der Waals surface area contributed by atoms with Crippen LogP contribution in [0.15, 0.2) is 63.8 Å². The van der Waals surface area contributed by atoms with Crippen molar-refractivity contribution in [3.8, 4) is 0 Å². The molecule has 1 atom stereocenters. The molecule has 26 heavy (non-hydrogen) atoms. The van der Waals surface area contributed by atoms with Gasteiger partial charge in [0.05, 0.1) is 0 Å². The third-order valence-electron chi connectivity index (χ3n) is 3.63. The zero-order valence-electron chi connectivity index (χ0n) is 13.7. The number of rotatable bonds is 4. The second kappa shape index (κ2) is 7.41. The largest absolute Gasteiger partial charge is 0.449 e. The van der Waals surface area contributed by atoms with Crippen molar-refractivity contribution >= 4 is 40.1 Å². The van der Waals surface area contributed by atoms with E-state index < -0.39 is 23.6 Å². The molecule has 7 heteroatoms. The lowest BCUT2D eigenvalue weighted by Gasteiger charge is -2.13. The number of halogens is 1. The Balaban J connectivity index is 1.72. The van der Waals surface area contributed by atoms with Crippen molar-refractivity contribution in [3.63, 3.8) is 0 Å². The van der Waals surface area contributed by atoms with Crippen molar-refractivity contribution in [1.82, 2.24) is 0 Å². The van der Waals surface area contributed by atoms with Crippen molar-refractivity contribution in [3.05, 3.63) is 75.6 Å². The van der Waals surface area contributed by atoms with Gasteiger partial charge in [-0.2, -0.15) is 0 Å². The molecule has 0 saturated heterocycles. The second-order valence-corrected chi connectivity index (χ2v) is 5.97. The van der Waals surface area contributed by atoms with Crippen LogP contribution in [0.1, 0.15) is 17.3 Å². The Bertz CT molecular complexity index is 1030. The minimum Gasteiger partial charge on any atom is -0.449 e. The number of carbonyl (C=O) groups excluding carboxylic acids is 2. The minimum atomic E-state index is -1.11. The molecule has 1 N–H and O–H groups in total. The number of fused-ring (bicyclic) bond motifs is 1. The van der Waals surface area contributed by atoms with Crippen LogP contribution in [0, 0.1) is 0 Å². The van der Waals surface area contributed by atoms with E-state index in [2.05, 4.69) is 5.32 Å². The Morgan fingerprint density at radius 2 is 1.81 bits per heavy atom. The van der Waals surface area contributed by atoms with Gasteiger partial charge in [0.15, 0.2) is 6.10 Å². The molecule has 0 spiro atoms. The van der Waals surface area contributed by atoms with E-state index in [1.807, 2.05) is 0 Å². The van der Waals surface area contributed by atoms with Crippen LogP contribution in [0.5, 0.6) is 0 Å². The Morgan fingerprint density at radius 1 is 1.12 bits per heavy atom. The third-order valence-corrected chi connectivity index (χ3v) is 3.88. The fourth-order valence-electron chi connectivity index (χ4n) is 2.26. The molecule has 0 aliphatic carbocycles. The molecule has 0 aliphatic heterocycles. The summed E-state index contributed by atoms with van der Waals surface area (Å²) in [5, 5.41) is 3.71. The van der Waals surface area contributed by atoms with Gasteiger partial charge in [-0.15, -0.1) is 0 Å². The molecular weight excluding hydrogens is 358 g/mol. The number of para-hydroxylation sites is 1. The number of ether oxygens (including phenoxy) is 1. The molecule has 1 amide bonds. The molecule has 0 saturated carbocycles. The third kappa shape index (κ3) is 3.92. The lowest BCUT2D eigenvalue weighted by atomic mass is 10.2. The van der Waals surface area contributed by atoms with Gasteiger partial charge in [0.2, 0.25) is 0 Å². The maximum atomic E-state index is 12.2. The number of amides is 1. The van der Waals surface area contributed by atoms with Crippen LogP contribution < -0.4 is 10.9 Å². The molecule has 132 valence electrons. The fourth-order valence-corrected chi connectivity index (χ4v) is 2.38. The average Bonchev–Trinajstić information content (AvgIpc) is 2.62. The number of nitrogens with one attached hydrogen (secondary N) is 1. The number of esters is 1. The molecular formula is C19H14ClNO5. The van der Waals surface area contributed by atoms with E-state index in [9.17, 15) is 14.4 Å². The van der Waals surface area contributed by atoms with E-state index in [1.165, 1.54) is 13.0 Å². The quantitative estimate of drug-likeness (QED) is 0.559. The molecule has 1 heterocycles. The summed E-state index contributed by atoms with van der Waals surface area (Å²) in [4.78, 5) is 36.3. The second-order valence-electron chi connectivity index (χ2n) is 5.53. The SMILES string of the molecule is C[C@@H](OC(=O)c1cc2ccccc2oc1=O)C(=O)Nc1ccc(Cl)cc1. The Kier molecular flexibility index (Phi) is 5.04. The summed E-state index contributed by atoms with van der Waals surface area (Å²) >= 11 is 5.78. The standard InChI is InChI=1S/C19H14ClNO5/c1-11(17(22)21-14-8-6-13(20)7-9-14)25-18(23)15-10-12-4-2-3-5-16(12)26-19(15)24/h2-11H,1H3,(H,21,22)/t11-/m1/s1. The van der Waals surface area contributed by atoms with Crippen LogP contribution in [0.2, 0.25) is 5.02 Å². The molecule has 2 aromatic carbocycles. The number of hydrogen-bond donors (Lipinski definition) is 1. The smallest absolute Gasteiger partial charge is 0.351 e. The Morgan fingerprint density at radius 3 is 2.54 bits per heavy atom. The molecule has 3 rings (SSSR count). The monoisotopic (exact) mass is 371 g/mol. The molecule has 1 aromatic heterocycles.